The highest BCUT2D eigenvalue weighted by Crippen LogP contribution is 2.13. The first-order chi connectivity index (χ1) is 11.5. The number of rotatable bonds is 2. The average molecular weight is 326 g/mol. The van der Waals surface area contributed by atoms with E-state index >= 15 is 0 Å². The fraction of sp³-hybridized carbons (Fsp3) is 0.125. The molecule has 8 nitrogen and oxygen atoms in total. The zero-order valence-corrected chi connectivity index (χ0v) is 13.0. The minimum absolute atomic E-state index is 0.0316. The summed E-state index contributed by atoms with van der Waals surface area (Å²) in [6.07, 6.45) is 1.38. The van der Waals surface area contributed by atoms with Crippen molar-refractivity contribution in [3.8, 4) is 0 Å². The molecular formula is C16H14N4O4. The first-order valence-corrected chi connectivity index (χ1v) is 7.10. The number of hydrogen-bond donors (Lipinski definition) is 2. The van der Waals surface area contributed by atoms with Crippen molar-refractivity contribution in [1.82, 2.24) is 20.6 Å². The van der Waals surface area contributed by atoms with Crippen LogP contribution in [0.15, 0.2) is 45.8 Å². The van der Waals surface area contributed by atoms with Gasteiger partial charge in [-0.3, -0.25) is 25.2 Å². The molecule has 24 heavy (non-hydrogen) atoms. The van der Waals surface area contributed by atoms with Crippen LogP contribution >= 0.6 is 0 Å². The number of hydrogen-bond acceptors (Lipinski definition) is 5. The van der Waals surface area contributed by atoms with Crippen molar-refractivity contribution in [1.29, 1.82) is 0 Å². The molecule has 3 rings (SSSR count). The molecular weight excluding hydrogens is 312 g/mol. The van der Waals surface area contributed by atoms with Gasteiger partial charge < -0.3 is 4.42 Å². The van der Waals surface area contributed by atoms with Crippen LogP contribution in [0.2, 0.25) is 0 Å². The van der Waals surface area contributed by atoms with E-state index < -0.39 is 11.8 Å². The standard InChI is InChI=1S/C16H14N4O4/c1-9-7-8-24-13(9)15(22)18-17-14(21)12-10-5-3-4-6-11(10)16(23)20(2)19-12/h3-8H,1-2H3,(H,17,21)(H,18,22). The van der Waals surface area contributed by atoms with E-state index in [1.807, 2.05) is 0 Å². The molecule has 0 radical (unpaired) electrons. The monoisotopic (exact) mass is 326 g/mol. The van der Waals surface area contributed by atoms with E-state index in [0.717, 1.165) is 4.68 Å². The van der Waals surface area contributed by atoms with Gasteiger partial charge in [0.05, 0.1) is 11.6 Å². The van der Waals surface area contributed by atoms with E-state index in [-0.39, 0.29) is 17.0 Å². The van der Waals surface area contributed by atoms with E-state index in [1.54, 1.807) is 37.3 Å². The molecule has 0 atom stereocenters. The highest BCUT2D eigenvalue weighted by molar-refractivity contribution is 6.05. The molecule has 0 aliphatic rings. The van der Waals surface area contributed by atoms with Crippen molar-refractivity contribution in [2.75, 3.05) is 0 Å². The molecule has 0 aliphatic heterocycles. The van der Waals surface area contributed by atoms with E-state index in [1.165, 1.54) is 13.3 Å². The first-order valence-electron chi connectivity index (χ1n) is 7.10. The van der Waals surface area contributed by atoms with E-state index in [4.69, 9.17) is 4.42 Å². The topological polar surface area (TPSA) is 106 Å². The van der Waals surface area contributed by atoms with Crippen LogP contribution in [0.3, 0.4) is 0 Å². The van der Waals surface area contributed by atoms with E-state index in [0.29, 0.717) is 16.3 Å². The number of hydrazine groups is 1. The molecule has 8 heteroatoms. The lowest BCUT2D eigenvalue weighted by atomic mass is 10.1. The molecule has 0 aliphatic carbocycles. The van der Waals surface area contributed by atoms with Gasteiger partial charge in [0.1, 0.15) is 0 Å². The quantitative estimate of drug-likeness (QED) is 0.681. The van der Waals surface area contributed by atoms with Gasteiger partial charge in [-0.2, -0.15) is 5.10 Å². The lowest BCUT2D eigenvalue weighted by Gasteiger charge is -2.09. The predicted octanol–water partition coefficient (Wildman–Crippen LogP) is 0.910. The number of fused-ring (bicyclic) bond motifs is 1. The third kappa shape index (κ3) is 2.65. The van der Waals surface area contributed by atoms with Gasteiger partial charge in [0.2, 0.25) is 0 Å². The van der Waals surface area contributed by atoms with Crippen molar-refractivity contribution in [3.63, 3.8) is 0 Å². The molecule has 0 fully saturated rings. The maximum absolute atomic E-state index is 12.3. The molecule has 0 saturated heterocycles. The van der Waals surface area contributed by atoms with Gasteiger partial charge in [0.15, 0.2) is 11.5 Å². The normalized spacial score (nSPS) is 10.6. The van der Waals surface area contributed by atoms with Crippen LogP contribution in [0, 0.1) is 6.92 Å². The molecule has 1 aromatic carbocycles. The number of nitrogens with zero attached hydrogens (tertiary/aromatic N) is 2. The van der Waals surface area contributed by atoms with Crippen molar-refractivity contribution in [2.45, 2.75) is 6.92 Å². The number of nitrogens with one attached hydrogen (secondary N) is 2. The molecule has 122 valence electrons. The highest BCUT2D eigenvalue weighted by atomic mass is 16.3. The summed E-state index contributed by atoms with van der Waals surface area (Å²) in [5, 5.41) is 4.75. The second kappa shape index (κ2) is 5.99. The summed E-state index contributed by atoms with van der Waals surface area (Å²) >= 11 is 0. The van der Waals surface area contributed by atoms with Gasteiger partial charge in [0, 0.05) is 18.0 Å². The Labute approximate surface area is 136 Å². The Morgan fingerprint density at radius 3 is 2.42 bits per heavy atom. The van der Waals surface area contributed by atoms with E-state index in [2.05, 4.69) is 16.0 Å². The number of carbonyl (C=O) groups excluding carboxylic acids is 2. The minimum atomic E-state index is -0.639. The van der Waals surface area contributed by atoms with Crippen molar-refractivity contribution >= 4 is 22.6 Å². The third-order valence-electron chi connectivity index (χ3n) is 3.53. The van der Waals surface area contributed by atoms with Crippen LogP contribution in [-0.4, -0.2) is 21.6 Å². The lowest BCUT2D eigenvalue weighted by Crippen LogP contribution is -2.42. The number of furan rings is 1. The molecule has 2 N–H and O–H groups in total. The number of aromatic nitrogens is 2. The maximum Gasteiger partial charge on any atom is 0.305 e. The maximum atomic E-state index is 12.3. The summed E-state index contributed by atoms with van der Waals surface area (Å²) in [4.78, 5) is 36.3. The van der Waals surface area contributed by atoms with Crippen molar-refractivity contribution in [2.24, 2.45) is 7.05 Å². The van der Waals surface area contributed by atoms with Gasteiger partial charge in [-0.05, 0) is 19.1 Å². The van der Waals surface area contributed by atoms with Gasteiger partial charge >= 0.3 is 5.91 Å². The molecule has 0 spiro atoms. The van der Waals surface area contributed by atoms with Gasteiger partial charge in [-0.15, -0.1) is 0 Å². The zero-order chi connectivity index (χ0) is 17.3. The SMILES string of the molecule is Cc1ccoc1C(=O)NNC(=O)c1nn(C)c(=O)c2ccccc12. The molecule has 0 saturated carbocycles. The Kier molecular flexibility index (Phi) is 3.87. The number of amides is 2. The highest BCUT2D eigenvalue weighted by Gasteiger charge is 2.18. The van der Waals surface area contributed by atoms with Crippen LogP contribution < -0.4 is 16.4 Å². The van der Waals surface area contributed by atoms with Crippen LogP contribution in [0.5, 0.6) is 0 Å². The minimum Gasteiger partial charge on any atom is -0.459 e. The molecule has 3 aromatic rings. The second-order valence-corrected chi connectivity index (χ2v) is 5.16. The third-order valence-corrected chi connectivity index (χ3v) is 3.53. The van der Waals surface area contributed by atoms with Gasteiger partial charge in [0.25, 0.3) is 11.5 Å². The Hall–Kier alpha value is -3.42. The van der Waals surface area contributed by atoms with Crippen LogP contribution in [0.4, 0.5) is 0 Å². The largest absolute Gasteiger partial charge is 0.459 e. The molecule has 2 heterocycles. The molecule has 0 unspecified atom stereocenters. The summed E-state index contributed by atoms with van der Waals surface area (Å²) in [5.41, 5.74) is 4.91. The summed E-state index contributed by atoms with van der Waals surface area (Å²) in [7, 11) is 1.45. The van der Waals surface area contributed by atoms with Gasteiger partial charge in [-0.1, -0.05) is 18.2 Å². The van der Waals surface area contributed by atoms with Crippen LogP contribution in [0.25, 0.3) is 10.8 Å². The number of aryl methyl sites for hydroxylation is 2. The first kappa shape index (κ1) is 15.5. The molecule has 2 aromatic heterocycles. The van der Waals surface area contributed by atoms with Crippen LogP contribution in [0.1, 0.15) is 26.6 Å². The van der Waals surface area contributed by atoms with Crippen molar-refractivity contribution in [3.05, 3.63) is 64.0 Å². The van der Waals surface area contributed by atoms with Gasteiger partial charge in [-0.25, -0.2) is 4.68 Å². The Morgan fingerprint density at radius 2 is 1.75 bits per heavy atom. The average Bonchev–Trinajstić information content (AvgIpc) is 3.02. The number of carbonyl (C=O) groups is 2. The van der Waals surface area contributed by atoms with E-state index in [9.17, 15) is 14.4 Å². The van der Waals surface area contributed by atoms with Crippen molar-refractivity contribution < 1.29 is 14.0 Å². The predicted molar refractivity (Wildman–Crippen MR) is 85.4 cm³/mol. The molecule has 2 amide bonds. The fourth-order valence-corrected chi connectivity index (χ4v) is 2.30. The Morgan fingerprint density at radius 1 is 1.08 bits per heavy atom. The smallest absolute Gasteiger partial charge is 0.305 e. The Balaban J connectivity index is 1.87. The summed E-state index contributed by atoms with van der Waals surface area (Å²) in [6, 6.07) is 8.27. The van der Waals surface area contributed by atoms with Crippen LogP contribution in [-0.2, 0) is 7.05 Å². The number of benzene rings is 1. The second-order valence-electron chi connectivity index (χ2n) is 5.16. The zero-order valence-electron chi connectivity index (χ0n) is 13.0. The summed E-state index contributed by atoms with van der Waals surface area (Å²) in [5.74, 6) is -1.12. The molecule has 0 bridgehead atoms. The Bertz CT molecular complexity index is 1000. The summed E-state index contributed by atoms with van der Waals surface area (Å²) < 4.78 is 6.12. The summed E-state index contributed by atoms with van der Waals surface area (Å²) in [6.45, 7) is 1.71. The fourth-order valence-electron chi connectivity index (χ4n) is 2.30. The lowest BCUT2D eigenvalue weighted by molar-refractivity contribution is 0.0827.